The zero-order chi connectivity index (χ0) is 17.4. The van der Waals surface area contributed by atoms with E-state index in [1.54, 1.807) is 0 Å². The fraction of sp³-hybridized carbons (Fsp3) is 0.500. The molecule has 0 bridgehead atoms. The number of ether oxygens (including phenoxy) is 1. The van der Waals surface area contributed by atoms with Crippen LogP contribution in [0.2, 0.25) is 0 Å². The van der Waals surface area contributed by atoms with Gasteiger partial charge in [-0.2, -0.15) is 5.10 Å². The summed E-state index contributed by atoms with van der Waals surface area (Å²) in [6.45, 7) is 6.18. The molecule has 1 aromatic heterocycles. The molecule has 2 aromatic rings. The van der Waals surface area contributed by atoms with E-state index < -0.39 is 0 Å². The summed E-state index contributed by atoms with van der Waals surface area (Å²) in [6.07, 6.45) is 3.05. The first kappa shape index (κ1) is 16.2. The number of hydrogen-bond acceptors (Lipinski definition) is 3. The Balaban J connectivity index is 1.34. The van der Waals surface area contributed by atoms with Crippen LogP contribution in [0.4, 0.5) is 0 Å². The van der Waals surface area contributed by atoms with E-state index >= 15 is 0 Å². The molecule has 5 heteroatoms. The molecule has 1 amide bonds. The van der Waals surface area contributed by atoms with Gasteiger partial charge in [0.15, 0.2) is 0 Å². The monoisotopic (exact) mass is 339 g/mol. The van der Waals surface area contributed by atoms with Gasteiger partial charge in [0.25, 0.3) is 0 Å². The molecule has 1 saturated carbocycles. The molecule has 2 heterocycles. The Morgan fingerprint density at radius 2 is 2.16 bits per heavy atom. The molecular weight excluding hydrogens is 314 g/mol. The number of nitrogens with one attached hydrogen (secondary N) is 1. The molecule has 1 fully saturated rings. The number of fused-ring (bicyclic) bond motifs is 1. The highest BCUT2D eigenvalue weighted by atomic mass is 16.5. The van der Waals surface area contributed by atoms with Gasteiger partial charge in [0.1, 0.15) is 12.4 Å². The molecule has 4 rings (SSSR count). The van der Waals surface area contributed by atoms with Crippen molar-refractivity contribution in [3.8, 4) is 5.75 Å². The number of nitrogens with zero attached hydrogens (tertiary/aromatic N) is 2. The van der Waals surface area contributed by atoms with E-state index in [-0.39, 0.29) is 17.2 Å². The zero-order valence-corrected chi connectivity index (χ0v) is 14.9. The first-order valence-electron chi connectivity index (χ1n) is 9.04. The first-order chi connectivity index (χ1) is 12.0. The Morgan fingerprint density at radius 1 is 1.36 bits per heavy atom. The van der Waals surface area contributed by atoms with E-state index in [0.717, 1.165) is 49.4 Å². The quantitative estimate of drug-likeness (QED) is 0.911. The third-order valence-electron chi connectivity index (χ3n) is 5.43. The SMILES string of the molecule is Cc1cc(C)n(CC2(CNC(=O)C3COc4ccccc4C3)CC2)n1. The largest absolute Gasteiger partial charge is 0.492 e. The van der Waals surface area contributed by atoms with E-state index in [4.69, 9.17) is 4.74 Å². The minimum Gasteiger partial charge on any atom is -0.492 e. The van der Waals surface area contributed by atoms with Gasteiger partial charge in [-0.1, -0.05) is 18.2 Å². The van der Waals surface area contributed by atoms with E-state index in [1.807, 2.05) is 31.2 Å². The number of carbonyl (C=O) groups is 1. The van der Waals surface area contributed by atoms with E-state index in [1.165, 1.54) is 5.69 Å². The highest BCUT2D eigenvalue weighted by Gasteiger charge is 2.44. The second-order valence-electron chi connectivity index (χ2n) is 7.62. The van der Waals surface area contributed by atoms with Gasteiger partial charge < -0.3 is 10.1 Å². The van der Waals surface area contributed by atoms with Gasteiger partial charge in [-0.25, -0.2) is 0 Å². The fourth-order valence-electron chi connectivity index (χ4n) is 3.64. The highest BCUT2D eigenvalue weighted by Crippen LogP contribution is 2.46. The molecule has 1 aliphatic heterocycles. The maximum Gasteiger partial charge on any atom is 0.226 e. The number of aromatic nitrogens is 2. The summed E-state index contributed by atoms with van der Waals surface area (Å²) in [4.78, 5) is 12.6. The van der Waals surface area contributed by atoms with Crippen molar-refractivity contribution in [3.63, 3.8) is 0 Å². The van der Waals surface area contributed by atoms with Gasteiger partial charge in [-0.3, -0.25) is 9.48 Å². The lowest BCUT2D eigenvalue weighted by Gasteiger charge is -2.25. The number of aryl methyl sites for hydroxylation is 2. The molecule has 1 unspecified atom stereocenters. The number of carbonyl (C=O) groups excluding carboxylic acids is 1. The Kier molecular flexibility index (Phi) is 4.02. The van der Waals surface area contributed by atoms with Crippen LogP contribution in [0.1, 0.15) is 29.8 Å². The van der Waals surface area contributed by atoms with Crippen LogP contribution in [0.15, 0.2) is 30.3 Å². The summed E-state index contributed by atoms with van der Waals surface area (Å²) in [6, 6.07) is 10.1. The Hall–Kier alpha value is -2.30. The lowest BCUT2D eigenvalue weighted by atomic mass is 9.95. The van der Waals surface area contributed by atoms with E-state index in [9.17, 15) is 4.79 Å². The molecule has 0 radical (unpaired) electrons. The maximum absolute atomic E-state index is 12.6. The van der Waals surface area contributed by atoms with Crippen molar-refractivity contribution < 1.29 is 9.53 Å². The molecule has 25 heavy (non-hydrogen) atoms. The van der Waals surface area contributed by atoms with Gasteiger partial charge in [-0.15, -0.1) is 0 Å². The third kappa shape index (κ3) is 3.41. The van der Waals surface area contributed by atoms with Crippen LogP contribution < -0.4 is 10.1 Å². The van der Waals surface area contributed by atoms with Crippen LogP contribution in [0.5, 0.6) is 5.75 Å². The van der Waals surface area contributed by atoms with Crippen molar-refractivity contribution in [2.75, 3.05) is 13.2 Å². The van der Waals surface area contributed by atoms with E-state index in [2.05, 4.69) is 28.1 Å². The molecule has 132 valence electrons. The van der Waals surface area contributed by atoms with Crippen molar-refractivity contribution in [2.24, 2.45) is 11.3 Å². The number of rotatable bonds is 5. The number of benzene rings is 1. The molecule has 2 aliphatic rings. The van der Waals surface area contributed by atoms with Crippen LogP contribution in [0.3, 0.4) is 0 Å². The van der Waals surface area contributed by atoms with Crippen molar-refractivity contribution >= 4 is 5.91 Å². The van der Waals surface area contributed by atoms with Crippen LogP contribution in [0, 0.1) is 25.2 Å². The lowest BCUT2D eigenvalue weighted by molar-refractivity contribution is -0.126. The first-order valence-corrected chi connectivity index (χ1v) is 9.04. The summed E-state index contributed by atoms with van der Waals surface area (Å²) < 4.78 is 7.82. The van der Waals surface area contributed by atoms with Gasteiger partial charge in [-0.05, 0) is 50.8 Å². The summed E-state index contributed by atoms with van der Waals surface area (Å²) in [5.41, 5.74) is 3.53. The second-order valence-corrected chi connectivity index (χ2v) is 7.62. The highest BCUT2D eigenvalue weighted by molar-refractivity contribution is 5.79. The lowest BCUT2D eigenvalue weighted by Crippen LogP contribution is -2.40. The van der Waals surface area contributed by atoms with Crippen molar-refractivity contribution in [1.82, 2.24) is 15.1 Å². The molecule has 0 saturated heterocycles. The number of hydrogen-bond donors (Lipinski definition) is 1. The summed E-state index contributed by atoms with van der Waals surface area (Å²) in [5.74, 6) is 0.920. The van der Waals surface area contributed by atoms with Gasteiger partial charge in [0.2, 0.25) is 5.91 Å². The van der Waals surface area contributed by atoms with Crippen molar-refractivity contribution in [3.05, 3.63) is 47.3 Å². The predicted octanol–water partition coefficient (Wildman–Crippen LogP) is 2.65. The molecule has 1 aromatic carbocycles. The van der Waals surface area contributed by atoms with E-state index in [0.29, 0.717) is 6.61 Å². The standard InChI is InChI=1S/C20H25N3O2/c1-14-9-15(2)23(22-14)13-20(7-8-20)12-21-19(24)17-10-16-5-3-4-6-18(16)25-11-17/h3-6,9,17H,7-8,10-13H2,1-2H3,(H,21,24). The third-order valence-corrected chi connectivity index (χ3v) is 5.43. The molecule has 1 aliphatic carbocycles. The van der Waals surface area contributed by atoms with Crippen LogP contribution in [-0.2, 0) is 17.8 Å². The average molecular weight is 339 g/mol. The second kappa shape index (κ2) is 6.21. The zero-order valence-electron chi connectivity index (χ0n) is 14.9. The molecule has 0 spiro atoms. The van der Waals surface area contributed by atoms with Crippen LogP contribution in [0.25, 0.3) is 0 Å². The van der Waals surface area contributed by atoms with Crippen LogP contribution in [-0.4, -0.2) is 28.8 Å². The van der Waals surface area contributed by atoms with Crippen LogP contribution >= 0.6 is 0 Å². The average Bonchev–Trinajstić information content (AvgIpc) is 3.31. The minimum atomic E-state index is -0.0978. The Labute approximate surface area is 148 Å². The number of amides is 1. The number of para-hydroxylation sites is 1. The molecular formula is C20H25N3O2. The topological polar surface area (TPSA) is 56.2 Å². The smallest absolute Gasteiger partial charge is 0.226 e. The van der Waals surface area contributed by atoms with Gasteiger partial charge in [0.05, 0.1) is 11.6 Å². The normalized spacial score (nSPS) is 20.5. The Morgan fingerprint density at radius 3 is 2.88 bits per heavy atom. The van der Waals surface area contributed by atoms with Crippen molar-refractivity contribution in [1.29, 1.82) is 0 Å². The summed E-state index contributed by atoms with van der Waals surface area (Å²) in [7, 11) is 0. The summed E-state index contributed by atoms with van der Waals surface area (Å²) in [5, 5.41) is 7.73. The molecule has 1 N–H and O–H groups in total. The fourth-order valence-corrected chi connectivity index (χ4v) is 3.64. The van der Waals surface area contributed by atoms with Gasteiger partial charge in [0, 0.05) is 24.2 Å². The minimum absolute atomic E-state index is 0.0978. The Bertz CT molecular complexity index is 792. The molecule has 1 atom stereocenters. The summed E-state index contributed by atoms with van der Waals surface area (Å²) >= 11 is 0. The van der Waals surface area contributed by atoms with Gasteiger partial charge >= 0.3 is 0 Å². The molecule has 5 nitrogen and oxygen atoms in total. The maximum atomic E-state index is 12.6. The predicted molar refractivity (Wildman–Crippen MR) is 95.5 cm³/mol. The van der Waals surface area contributed by atoms with Crippen molar-refractivity contribution in [2.45, 2.75) is 39.7 Å².